The van der Waals surface area contributed by atoms with Gasteiger partial charge in [-0.25, -0.2) is 0 Å². The maximum Gasteiger partial charge on any atom is 0.175 e. The van der Waals surface area contributed by atoms with E-state index in [-0.39, 0.29) is 17.4 Å². The van der Waals surface area contributed by atoms with Crippen molar-refractivity contribution < 1.29 is 9.53 Å². The lowest BCUT2D eigenvalue weighted by Gasteiger charge is -2.37. The van der Waals surface area contributed by atoms with Crippen LogP contribution >= 0.6 is 0 Å². The second-order valence-corrected chi connectivity index (χ2v) is 5.96. The first-order valence-electron chi connectivity index (χ1n) is 7.30. The van der Waals surface area contributed by atoms with Crippen LogP contribution in [0, 0.1) is 56.7 Å². The molecule has 3 atom stereocenters. The molecular weight excluding hydrogens is 292 g/mol. The van der Waals surface area contributed by atoms with Gasteiger partial charge in [0.05, 0.1) is 30.6 Å². The largest absolute Gasteiger partial charge is 0.499 e. The van der Waals surface area contributed by atoms with E-state index in [0.717, 1.165) is 0 Å². The van der Waals surface area contributed by atoms with Crippen molar-refractivity contribution in [3.05, 3.63) is 23.6 Å². The van der Waals surface area contributed by atoms with Crippen LogP contribution in [0.1, 0.15) is 27.7 Å². The van der Waals surface area contributed by atoms with Gasteiger partial charge in [0.1, 0.15) is 11.7 Å². The summed E-state index contributed by atoms with van der Waals surface area (Å²) >= 11 is 0. The summed E-state index contributed by atoms with van der Waals surface area (Å²) in [7, 11) is 0. The van der Waals surface area contributed by atoms with Crippen molar-refractivity contribution >= 4 is 6.29 Å². The summed E-state index contributed by atoms with van der Waals surface area (Å²) in [5.74, 6) is -1.35. The molecule has 0 aromatic heterocycles. The average Bonchev–Trinajstić information content (AvgIpc) is 2.70. The van der Waals surface area contributed by atoms with E-state index in [0.29, 0.717) is 6.29 Å². The normalized spacial score (nSPS) is 27.3. The van der Waals surface area contributed by atoms with E-state index in [9.17, 15) is 20.6 Å². The van der Waals surface area contributed by atoms with Crippen molar-refractivity contribution in [2.45, 2.75) is 33.8 Å². The second kappa shape index (κ2) is 6.55. The number of hydrogen-bond acceptors (Lipinski definition) is 6. The Morgan fingerprint density at radius 1 is 1.22 bits per heavy atom. The van der Waals surface area contributed by atoms with E-state index in [1.165, 1.54) is 6.26 Å². The van der Waals surface area contributed by atoms with Gasteiger partial charge in [0.2, 0.25) is 0 Å². The van der Waals surface area contributed by atoms with Gasteiger partial charge in [0, 0.05) is 23.1 Å². The summed E-state index contributed by atoms with van der Waals surface area (Å²) < 4.78 is 5.33. The quantitative estimate of drug-likeness (QED) is 0.612. The molecule has 0 saturated heterocycles. The third kappa shape index (κ3) is 2.35. The van der Waals surface area contributed by atoms with E-state index < -0.39 is 22.7 Å². The van der Waals surface area contributed by atoms with Crippen LogP contribution in [0.2, 0.25) is 0 Å². The zero-order chi connectivity index (χ0) is 17.8. The number of nitrogens with zero attached hydrogens (tertiary/aromatic N) is 3. The summed E-state index contributed by atoms with van der Waals surface area (Å²) in [6.45, 7) is 6.95. The lowest BCUT2D eigenvalue weighted by molar-refractivity contribution is -0.105. The van der Waals surface area contributed by atoms with Crippen LogP contribution in [0.3, 0.4) is 0 Å². The highest BCUT2D eigenvalue weighted by molar-refractivity contribution is 5.79. The Hall–Kier alpha value is -2.78. The van der Waals surface area contributed by atoms with E-state index in [4.69, 9.17) is 10.5 Å². The topological polar surface area (TPSA) is 124 Å². The predicted molar refractivity (Wildman–Crippen MR) is 82.7 cm³/mol. The zero-order valence-electron chi connectivity index (χ0n) is 13.7. The molecule has 120 valence electrons. The van der Waals surface area contributed by atoms with Crippen LogP contribution < -0.4 is 5.73 Å². The van der Waals surface area contributed by atoms with Crippen molar-refractivity contribution in [2.75, 3.05) is 0 Å². The standard InChI is InChI=1S/C17H20N4O2/c1-11(2)23-6-5-12(3)17(10-20)15(21)14(7-22)13(4)16(17,8-18)9-19/h5-7,11-13H,21H2,1-4H3/b6-5+/t12-,13-,17-/m0/s1. The van der Waals surface area contributed by atoms with Crippen molar-refractivity contribution in [3.8, 4) is 18.2 Å². The molecule has 0 unspecified atom stereocenters. The minimum atomic E-state index is -1.73. The molecule has 0 spiro atoms. The monoisotopic (exact) mass is 312 g/mol. The third-order valence-electron chi connectivity index (χ3n) is 4.53. The van der Waals surface area contributed by atoms with E-state index in [1.54, 1.807) is 19.9 Å². The van der Waals surface area contributed by atoms with Crippen molar-refractivity contribution in [3.63, 3.8) is 0 Å². The number of nitrogens with two attached hydrogens (primary N) is 1. The smallest absolute Gasteiger partial charge is 0.175 e. The molecule has 2 N–H and O–H groups in total. The Labute approximate surface area is 136 Å². The van der Waals surface area contributed by atoms with Gasteiger partial charge in [-0.3, -0.25) is 4.79 Å². The van der Waals surface area contributed by atoms with Crippen LogP contribution in [-0.4, -0.2) is 12.4 Å². The number of carbonyl (C=O) groups is 1. The van der Waals surface area contributed by atoms with Crippen LogP contribution in [0.25, 0.3) is 0 Å². The summed E-state index contributed by atoms with van der Waals surface area (Å²) in [5.41, 5.74) is 2.87. The number of allylic oxidation sites excluding steroid dienone is 3. The van der Waals surface area contributed by atoms with Crippen molar-refractivity contribution in [1.82, 2.24) is 0 Å². The molecule has 0 fully saturated rings. The number of hydrogen-bond donors (Lipinski definition) is 1. The summed E-state index contributed by atoms with van der Waals surface area (Å²) in [4.78, 5) is 11.4. The molecule has 0 aromatic carbocycles. The number of carbonyl (C=O) groups excluding carboxylic acids is 1. The maximum absolute atomic E-state index is 11.4. The van der Waals surface area contributed by atoms with E-state index >= 15 is 0 Å². The van der Waals surface area contributed by atoms with E-state index in [2.05, 4.69) is 6.07 Å². The molecule has 0 saturated carbocycles. The Kier molecular flexibility index (Phi) is 5.20. The fraction of sp³-hybridized carbons (Fsp3) is 0.529. The molecule has 1 aliphatic rings. The average molecular weight is 312 g/mol. The molecule has 0 heterocycles. The fourth-order valence-electron chi connectivity index (χ4n) is 3.13. The third-order valence-corrected chi connectivity index (χ3v) is 4.53. The number of rotatable bonds is 5. The van der Waals surface area contributed by atoms with Crippen molar-refractivity contribution in [2.24, 2.45) is 28.4 Å². The molecule has 0 bridgehead atoms. The predicted octanol–water partition coefficient (Wildman–Crippen LogP) is 2.17. The van der Waals surface area contributed by atoms with Crippen LogP contribution in [0.4, 0.5) is 0 Å². The summed E-state index contributed by atoms with van der Waals surface area (Å²) in [6, 6.07) is 5.97. The lowest BCUT2D eigenvalue weighted by atomic mass is 9.58. The first-order valence-corrected chi connectivity index (χ1v) is 7.30. The Bertz CT molecular complexity index is 658. The zero-order valence-corrected chi connectivity index (χ0v) is 13.7. The van der Waals surface area contributed by atoms with Gasteiger partial charge in [-0.15, -0.1) is 0 Å². The molecule has 0 aliphatic heterocycles. The number of nitriles is 3. The molecule has 1 aliphatic carbocycles. The summed E-state index contributed by atoms with van der Waals surface area (Å²) in [5, 5.41) is 29.2. The lowest BCUT2D eigenvalue weighted by Crippen LogP contribution is -2.46. The van der Waals surface area contributed by atoms with Gasteiger partial charge in [-0.05, 0) is 19.9 Å². The minimum Gasteiger partial charge on any atom is -0.499 e. The molecule has 0 aromatic rings. The highest BCUT2D eigenvalue weighted by Gasteiger charge is 2.66. The van der Waals surface area contributed by atoms with Crippen LogP contribution in [-0.2, 0) is 9.53 Å². The number of aldehydes is 1. The highest BCUT2D eigenvalue weighted by Crippen LogP contribution is 2.60. The Morgan fingerprint density at radius 3 is 2.17 bits per heavy atom. The second-order valence-electron chi connectivity index (χ2n) is 5.96. The highest BCUT2D eigenvalue weighted by atomic mass is 16.5. The number of ether oxygens (including phenoxy) is 1. The first kappa shape index (κ1) is 18.3. The minimum absolute atomic E-state index is 0.00713. The Balaban J connectivity index is 3.57. The van der Waals surface area contributed by atoms with E-state index in [1.807, 2.05) is 26.0 Å². The van der Waals surface area contributed by atoms with Gasteiger partial charge < -0.3 is 10.5 Å². The van der Waals surface area contributed by atoms with Gasteiger partial charge in [0.15, 0.2) is 5.41 Å². The molecule has 6 nitrogen and oxygen atoms in total. The van der Waals surface area contributed by atoms with Gasteiger partial charge in [-0.2, -0.15) is 15.8 Å². The molecule has 23 heavy (non-hydrogen) atoms. The van der Waals surface area contributed by atoms with Crippen LogP contribution in [0.15, 0.2) is 23.6 Å². The first-order chi connectivity index (χ1) is 10.8. The maximum atomic E-state index is 11.4. The molecule has 1 rings (SSSR count). The molecule has 0 radical (unpaired) electrons. The SMILES string of the molecule is CC(C)O/C=C/[C@H](C)[C@@]1(C#N)C(N)=C(C=O)[C@H](C)C1(C#N)C#N. The molecular formula is C17H20N4O2. The molecule has 6 heteroatoms. The van der Waals surface area contributed by atoms with Gasteiger partial charge in [-0.1, -0.05) is 13.8 Å². The van der Waals surface area contributed by atoms with Gasteiger partial charge in [0.25, 0.3) is 0 Å². The van der Waals surface area contributed by atoms with Gasteiger partial charge >= 0.3 is 0 Å². The fourth-order valence-corrected chi connectivity index (χ4v) is 3.13. The van der Waals surface area contributed by atoms with Crippen LogP contribution in [0.5, 0.6) is 0 Å². The summed E-state index contributed by atoms with van der Waals surface area (Å²) in [6.07, 6.45) is 3.52. The van der Waals surface area contributed by atoms with Crippen molar-refractivity contribution in [1.29, 1.82) is 15.8 Å². The molecule has 0 amide bonds. The Morgan fingerprint density at radius 2 is 1.78 bits per heavy atom.